The van der Waals surface area contributed by atoms with Crippen molar-refractivity contribution < 1.29 is 4.79 Å². The van der Waals surface area contributed by atoms with Crippen LogP contribution in [0.15, 0.2) is 6.33 Å². The number of hydrogen-bond acceptors (Lipinski definition) is 6. The van der Waals surface area contributed by atoms with Gasteiger partial charge in [0.25, 0.3) is 0 Å². The number of carbonyl (C=O) groups is 1. The van der Waals surface area contributed by atoms with E-state index in [1.807, 2.05) is 11.9 Å². The van der Waals surface area contributed by atoms with Gasteiger partial charge in [0.05, 0.1) is 18.7 Å². The number of fused-ring (bicyclic) bond motifs is 1. The molecule has 1 aromatic rings. The second kappa shape index (κ2) is 8.00. The highest BCUT2D eigenvalue weighted by atomic mass is 16.2. The molecule has 0 bridgehead atoms. The summed E-state index contributed by atoms with van der Waals surface area (Å²) in [4.78, 5) is 28.8. The zero-order valence-electron chi connectivity index (χ0n) is 16.7. The molecule has 1 aromatic heterocycles. The lowest BCUT2D eigenvalue weighted by atomic mass is 10.00. The van der Waals surface area contributed by atoms with Gasteiger partial charge in [-0.1, -0.05) is 6.92 Å². The first kappa shape index (κ1) is 18.5. The quantitative estimate of drug-likeness (QED) is 0.851. The van der Waals surface area contributed by atoms with Gasteiger partial charge in [0, 0.05) is 26.2 Å². The third-order valence-corrected chi connectivity index (χ3v) is 6.23. The molecule has 2 atom stereocenters. The minimum absolute atomic E-state index is 0.209. The summed E-state index contributed by atoms with van der Waals surface area (Å²) in [6.07, 6.45) is 7.37. The second-order valence-corrected chi connectivity index (χ2v) is 8.41. The van der Waals surface area contributed by atoms with Crippen molar-refractivity contribution in [3.8, 4) is 0 Å². The molecule has 148 valence electrons. The summed E-state index contributed by atoms with van der Waals surface area (Å²) >= 11 is 0. The third kappa shape index (κ3) is 3.88. The fourth-order valence-corrected chi connectivity index (χ4v) is 4.79. The number of amides is 1. The molecule has 1 amide bonds. The summed E-state index contributed by atoms with van der Waals surface area (Å²) in [5.74, 6) is 2.84. The first-order valence-electron chi connectivity index (χ1n) is 10.4. The number of nitrogens with zero attached hydrogens (tertiary/aromatic N) is 5. The maximum atomic E-state index is 13.0. The fraction of sp³-hybridized carbons (Fsp3) is 0.750. The van der Waals surface area contributed by atoms with Gasteiger partial charge in [0.15, 0.2) is 0 Å². The molecule has 1 N–H and O–H groups in total. The van der Waals surface area contributed by atoms with Gasteiger partial charge in [-0.25, -0.2) is 9.97 Å². The number of anilines is 2. The molecule has 0 aromatic carbocycles. The molecule has 2 unspecified atom stereocenters. The molecular formula is C20H32N6O. The van der Waals surface area contributed by atoms with Crippen LogP contribution in [0.4, 0.5) is 11.6 Å². The number of carbonyl (C=O) groups excluding carboxylic acids is 1. The maximum absolute atomic E-state index is 13.0. The van der Waals surface area contributed by atoms with Crippen LogP contribution in [0.2, 0.25) is 0 Å². The zero-order chi connectivity index (χ0) is 18.8. The highest BCUT2D eigenvalue weighted by molar-refractivity contribution is 5.84. The van der Waals surface area contributed by atoms with E-state index in [0.717, 1.165) is 62.6 Å². The van der Waals surface area contributed by atoms with Crippen molar-refractivity contribution in [1.82, 2.24) is 20.2 Å². The predicted molar refractivity (Wildman–Crippen MR) is 107 cm³/mol. The highest BCUT2D eigenvalue weighted by Crippen LogP contribution is 2.33. The Balaban J connectivity index is 1.67. The topological polar surface area (TPSA) is 64.6 Å². The Bertz CT molecular complexity index is 672. The van der Waals surface area contributed by atoms with E-state index in [1.165, 1.54) is 12.8 Å². The molecule has 3 aliphatic heterocycles. The molecule has 0 saturated carbocycles. The van der Waals surface area contributed by atoms with Gasteiger partial charge in [0.1, 0.15) is 18.0 Å². The summed E-state index contributed by atoms with van der Waals surface area (Å²) in [6.45, 7) is 7.45. The molecule has 2 fully saturated rings. The van der Waals surface area contributed by atoms with Crippen LogP contribution in [0.25, 0.3) is 0 Å². The first-order chi connectivity index (χ1) is 13.1. The SMILES string of the molecule is CC1CCCN(c2ncnc3c2CN(C2CCCNCC2)C(=O)CN3C)C1. The van der Waals surface area contributed by atoms with E-state index in [2.05, 4.69) is 32.0 Å². The lowest BCUT2D eigenvalue weighted by molar-refractivity contribution is -0.132. The molecule has 3 aliphatic rings. The van der Waals surface area contributed by atoms with Crippen LogP contribution in [0.3, 0.4) is 0 Å². The number of piperidine rings is 1. The van der Waals surface area contributed by atoms with Gasteiger partial charge in [-0.2, -0.15) is 0 Å². The van der Waals surface area contributed by atoms with E-state index in [-0.39, 0.29) is 5.91 Å². The lowest BCUT2D eigenvalue weighted by Crippen LogP contribution is -2.43. The minimum atomic E-state index is 0.209. The summed E-state index contributed by atoms with van der Waals surface area (Å²) in [6, 6.07) is 0.306. The smallest absolute Gasteiger partial charge is 0.242 e. The van der Waals surface area contributed by atoms with Crippen molar-refractivity contribution in [3.05, 3.63) is 11.9 Å². The average molecular weight is 373 g/mol. The lowest BCUT2D eigenvalue weighted by Gasteiger charge is -2.35. The van der Waals surface area contributed by atoms with Crippen LogP contribution < -0.4 is 15.1 Å². The Morgan fingerprint density at radius 2 is 1.93 bits per heavy atom. The number of hydrogen-bond donors (Lipinski definition) is 1. The average Bonchev–Trinajstić information content (AvgIpc) is 3.00. The molecular weight excluding hydrogens is 340 g/mol. The van der Waals surface area contributed by atoms with Crippen LogP contribution in [-0.4, -0.2) is 66.6 Å². The molecule has 7 nitrogen and oxygen atoms in total. The first-order valence-corrected chi connectivity index (χ1v) is 10.4. The summed E-state index contributed by atoms with van der Waals surface area (Å²) in [5, 5.41) is 3.46. The third-order valence-electron chi connectivity index (χ3n) is 6.23. The van der Waals surface area contributed by atoms with Gasteiger partial charge in [-0.15, -0.1) is 0 Å². The van der Waals surface area contributed by atoms with Crippen LogP contribution in [-0.2, 0) is 11.3 Å². The van der Waals surface area contributed by atoms with Crippen molar-refractivity contribution in [2.24, 2.45) is 5.92 Å². The van der Waals surface area contributed by atoms with E-state index in [4.69, 9.17) is 0 Å². The molecule has 0 spiro atoms. The second-order valence-electron chi connectivity index (χ2n) is 8.41. The van der Waals surface area contributed by atoms with Crippen molar-refractivity contribution in [3.63, 3.8) is 0 Å². The Morgan fingerprint density at radius 3 is 2.78 bits per heavy atom. The number of nitrogens with one attached hydrogen (secondary N) is 1. The number of aromatic nitrogens is 2. The van der Waals surface area contributed by atoms with Crippen molar-refractivity contribution in [1.29, 1.82) is 0 Å². The summed E-state index contributed by atoms with van der Waals surface area (Å²) in [7, 11) is 1.98. The van der Waals surface area contributed by atoms with Gasteiger partial charge in [-0.05, 0) is 51.1 Å². The molecule has 27 heavy (non-hydrogen) atoms. The molecule has 4 rings (SSSR count). The normalized spacial score (nSPS) is 27.2. The van der Waals surface area contributed by atoms with E-state index in [9.17, 15) is 4.79 Å². The Hall–Kier alpha value is -1.89. The predicted octanol–water partition coefficient (Wildman–Crippen LogP) is 1.63. The highest BCUT2D eigenvalue weighted by Gasteiger charge is 2.33. The Kier molecular flexibility index (Phi) is 5.48. The number of rotatable bonds is 2. The molecule has 0 radical (unpaired) electrons. The van der Waals surface area contributed by atoms with Gasteiger partial charge in [-0.3, -0.25) is 4.79 Å². The van der Waals surface area contributed by atoms with Crippen LogP contribution in [0.5, 0.6) is 0 Å². The van der Waals surface area contributed by atoms with Gasteiger partial charge >= 0.3 is 0 Å². The summed E-state index contributed by atoms with van der Waals surface area (Å²) < 4.78 is 0. The van der Waals surface area contributed by atoms with Crippen LogP contribution in [0.1, 0.15) is 44.6 Å². The van der Waals surface area contributed by atoms with E-state index in [1.54, 1.807) is 6.33 Å². The Labute approximate surface area is 162 Å². The van der Waals surface area contributed by atoms with E-state index in [0.29, 0.717) is 25.0 Å². The summed E-state index contributed by atoms with van der Waals surface area (Å²) in [5.41, 5.74) is 1.12. The number of likely N-dealkylation sites (N-methyl/N-ethyl adjacent to an activating group) is 1. The maximum Gasteiger partial charge on any atom is 0.242 e. The molecule has 4 heterocycles. The molecule has 2 saturated heterocycles. The van der Waals surface area contributed by atoms with Gasteiger partial charge in [0.2, 0.25) is 5.91 Å². The van der Waals surface area contributed by atoms with E-state index < -0.39 is 0 Å². The molecule has 7 heteroatoms. The van der Waals surface area contributed by atoms with Crippen molar-refractivity contribution >= 4 is 17.5 Å². The van der Waals surface area contributed by atoms with Crippen LogP contribution in [0, 0.1) is 5.92 Å². The van der Waals surface area contributed by atoms with Gasteiger partial charge < -0.3 is 20.0 Å². The monoisotopic (exact) mass is 372 g/mol. The van der Waals surface area contributed by atoms with Crippen molar-refractivity contribution in [2.45, 2.75) is 51.6 Å². The van der Waals surface area contributed by atoms with E-state index >= 15 is 0 Å². The largest absolute Gasteiger partial charge is 0.356 e. The zero-order valence-corrected chi connectivity index (χ0v) is 16.7. The standard InChI is InChI=1S/C20H32N6O/c1-15-5-4-10-25(11-15)20-17-12-26(16-6-3-8-21-9-7-16)18(27)13-24(2)19(17)22-14-23-20/h14-16,21H,3-13H2,1-2H3. The molecule has 0 aliphatic carbocycles. The Morgan fingerprint density at radius 1 is 1.07 bits per heavy atom. The fourth-order valence-electron chi connectivity index (χ4n) is 4.79. The minimum Gasteiger partial charge on any atom is -0.356 e. The van der Waals surface area contributed by atoms with Crippen molar-refractivity contribution in [2.75, 3.05) is 49.6 Å². The van der Waals surface area contributed by atoms with Crippen LogP contribution >= 0.6 is 0 Å².